The molecule has 168 valence electrons. The third-order valence-corrected chi connectivity index (χ3v) is 6.84. The minimum absolute atomic E-state index is 0.00617. The first-order valence-electron chi connectivity index (χ1n) is 11.0. The van der Waals surface area contributed by atoms with E-state index in [2.05, 4.69) is 29.4 Å². The lowest BCUT2D eigenvalue weighted by Gasteiger charge is -2.40. The molecule has 1 atom stereocenters. The highest BCUT2D eigenvalue weighted by Gasteiger charge is 2.41. The lowest BCUT2D eigenvalue weighted by molar-refractivity contribution is -0.141. The summed E-state index contributed by atoms with van der Waals surface area (Å²) in [5, 5.41) is 6.95. The van der Waals surface area contributed by atoms with Crippen molar-refractivity contribution in [1.29, 1.82) is 0 Å². The maximum atomic E-state index is 12.8. The molecule has 2 fully saturated rings. The van der Waals surface area contributed by atoms with E-state index in [0.29, 0.717) is 54.8 Å². The van der Waals surface area contributed by atoms with E-state index in [1.54, 1.807) is 23.1 Å². The minimum atomic E-state index is -0.700. The fourth-order valence-corrected chi connectivity index (χ4v) is 4.78. The zero-order valence-electron chi connectivity index (χ0n) is 18.1. The van der Waals surface area contributed by atoms with Gasteiger partial charge in [-0.25, -0.2) is 0 Å². The highest BCUT2D eigenvalue weighted by Crippen LogP contribution is 2.33. The van der Waals surface area contributed by atoms with Gasteiger partial charge in [0.05, 0.1) is 12.1 Å². The Morgan fingerprint density at radius 1 is 1.10 bits per heavy atom. The van der Waals surface area contributed by atoms with Crippen molar-refractivity contribution in [1.82, 2.24) is 20.0 Å². The number of hydrogen-bond acceptors (Lipinski definition) is 5. The molecule has 1 spiro atoms. The van der Waals surface area contributed by atoms with Crippen LogP contribution in [-0.2, 0) is 9.59 Å². The Kier molecular flexibility index (Phi) is 6.12. The largest absolute Gasteiger partial charge is 0.362 e. The van der Waals surface area contributed by atoms with Gasteiger partial charge in [-0.3, -0.25) is 19.3 Å². The van der Waals surface area contributed by atoms with Gasteiger partial charge in [-0.05, 0) is 38.5 Å². The normalized spacial score (nSPS) is 24.6. The van der Waals surface area contributed by atoms with E-state index in [9.17, 15) is 14.4 Å². The summed E-state index contributed by atoms with van der Waals surface area (Å²) in [6.07, 6.45) is 1.27. The first-order valence-corrected chi connectivity index (χ1v) is 11.3. The molecule has 31 heavy (non-hydrogen) atoms. The van der Waals surface area contributed by atoms with Crippen molar-refractivity contribution in [3.8, 4) is 0 Å². The Morgan fingerprint density at radius 3 is 2.55 bits per heavy atom. The number of hydrogen-bond donors (Lipinski definition) is 2. The van der Waals surface area contributed by atoms with Gasteiger partial charge < -0.3 is 20.4 Å². The van der Waals surface area contributed by atoms with Gasteiger partial charge in [0.25, 0.3) is 5.91 Å². The standard InChI is InChI=1S/C22H30ClN5O3/c1-15(2)26-9-11-27(12-10-26)20(30)14-28-8-7-22(6-5-19(28)29)24-18-4-3-16(23)13-17(18)21(31)25-22/h3-4,13,15,24H,5-12,14H2,1-2H3,(H,25,31)/t22-/m1/s1. The van der Waals surface area contributed by atoms with Gasteiger partial charge in [-0.1, -0.05) is 11.6 Å². The number of carbonyl (C=O) groups is 3. The number of halogens is 1. The number of benzene rings is 1. The van der Waals surface area contributed by atoms with Gasteiger partial charge in [0, 0.05) is 62.3 Å². The van der Waals surface area contributed by atoms with Crippen LogP contribution >= 0.6 is 11.6 Å². The average Bonchev–Trinajstić information content (AvgIpc) is 2.89. The molecule has 3 heterocycles. The van der Waals surface area contributed by atoms with Crippen molar-refractivity contribution in [2.24, 2.45) is 0 Å². The molecule has 0 aliphatic carbocycles. The maximum Gasteiger partial charge on any atom is 0.255 e. The maximum absolute atomic E-state index is 12.8. The average molecular weight is 448 g/mol. The van der Waals surface area contributed by atoms with E-state index in [1.165, 1.54) is 0 Å². The Morgan fingerprint density at radius 2 is 1.84 bits per heavy atom. The van der Waals surface area contributed by atoms with E-state index in [1.807, 2.05) is 4.90 Å². The molecule has 0 radical (unpaired) electrons. The molecule has 1 aromatic carbocycles. The van der Waals surface area contributed by atoms with Gasteiger partial charge in [0.1, 0.15) is 5.66 Å². The van der Waals surface area contributed by atoms with Crippen LogP contribution in [0.1, 0.15) is 43.5 Å². The van der Waals surface area contributed by atoms with Gasteiger partial charge >= 0.3 is 0 Å². The zero-order chi connectivity index (χ0) is 22.2. The molecular weight excluding hydrogens is 418 g/mol. The number of anilines is 1. The molecule has 0 bridgehead atoms. The van der Waals surface area contributed by atoms with Crippen molar-refractivity contribution < 1.29 is 14.4 Å². The van der Waals surface area contributed by atoms with Crippen LogP contribution in [0.3, 0.4) is 0 Å². The molecule has 4 rings (SSSR count). The number of nitrogens with one attached hydrogen (secondary N) is 2. The molecule has 8 nitrogen and oxygen atoms in total. The quantitative estimate of drug-likeness (QED) is 0.737. The van der Waals surface area contributed by atoms with Crippen molar-refractivity contribution in [2.75, 3.05) is 44.6 Å². The number of amides is 3. The van der Waals surface area contributed by atoms with Crippen LogP contribution in [-0.4, -0.2) is 83.4 Å². The molecule has 1 aromatic rings. The Hall–Kier alpha value is -2.32. The van der Waals surface area contributed by atoms with E-state index in [4.69, 9.17) is 11.6 Å². The summed E-state index contributed by atoms with van der Waals surface area (Å²) in [7, 11) is 0. The Bertz CT molecular complexity index is 884. The predicted octanol–water partition coefficient (Wildman–Crippen LogP) is 1.76. The second-order valence-electron chi connectivity index (χ2n) is 8.93. The Balaban J connectivity index is 1.39. The summed E-state index contributed by atoms with van der Waals surface area (Å²) >= 11 is 6.02. The van der Waals surface area contributed by atoms with Crippen LogP contribution in [0.4, 0.5) is 5.69 Å². The molecule has 0 unspecified atom stereocenters. The van der Waals surface area contributed by atoms with Gasteiger partial charge in [0.15, 0.2) is 0 Å². The van der Waals surface area contributed by atoms with Crippen LogP contribution in [0.5, 0.6) is 0 Å². The molecule has 2 N–H and O–H groups in total. The molecule has 0 aromatic heterocycles. The molecular formula is C22H30ClN5O3. The molecule has 2 saturated heterocycles. The first kappa shape index (κ1) is 21.9. The Labute approximate surface area is 187 Å². The van der Waals surface area contributed by atoms with Gasteiger partial charge in [-0.2, -0.15) is 0 Å². The molecule has 3 amide bonds. The molecule has 9 heteroatoms. The summed E-state index contributed by atoms with van der Waals surface area (Å²) < 4.78 is 0. The molecule has 3 aliphatic rings. The predicted molar refractivity (Wildman–Crippen MR) is 119 cm³/mol. The number of piperazine rings is 1. The summed E-state index contributed by atoms with van der Waals surface area (Å²) in [5.41, 5.74) is 0.517. The lowest BCUT2D eigenvalue weighted by atomic mass is 9.95. The van der Waals surface area contributed by atoms with Crippen molar-refractivity contribution in [3.05, 3.63) is 28.8 Å². The van der Waals surface area contributed by atoms with Crippen molar-refractivity contribution in [3.63, 3.8) is 0 Å². The number of likely N-dealkylation sites (tertiary alicyclic amines) is 1. The zero-order valence-corrected chi connectivity index (χ0v) is 18.9. The summed E-state index contributed by atoms with van der Waals surface area (Å²) in [4.78, 5) is 44.1. The second kappa shape index (κ2) is 8.67. The number of carbonyl (C=O) groups excluding carboxylic acids is 3. The molecule has 0 saturated carbocycles. The lowest BCUT2D eigenvalue weighted by Crippen LogP contribution is -2.58. The van der Waals surface area contributed by atoms with Crippen LogP contribution in [0.25, 0.3) is 0 Å². The van der Waals surface area contributed by atoms with E-state index >= 15 is 0 Å². The highest BCUT2D eigenvalue weighted by molar-refractivity contribution is 6.31. The SMILES string of the molecule is CC(C)N1CCN(C(=O)CN2CC[C@@]3(CCC2=O)NC(=O)c2cc(Cl)ccc2N3)CC1. The van der Waals surface area contributed by atoms with E-state index in [-0.39, 0.29) is 30.7 Å². The van der Waals surface area contributed by atoms with E-state index in [0.717, 1.165) is 13.1 Å². The van der Waals surface area contributed by atoms with Crippen molar-refractivity contribution >= 4 is 35.0 Å². The van der Waals surface area contributed by atoms with E-state index < -0.39 is 5.66 Å². The van der Waals surface area contributed by atoms with Crippen LogP contribution in [0.2, 0.25) is 5.02 Å². The van der Waals surface area contributed by atoms with Crippen molar-refractivity contribution in [2.45, 2.75) is 44.8 Å². The summed E-state index contributed by atoms with van der Waals surface area (Å²) in [6, 6.07) is 5.65. The molecule has 3 aliphatic heterocycles. The van der Waals surface area contributed by atoms with Gasteiger partial charge in [0.2, 0.25) is 11.8 Å². The smallest absolute Gasteiger partial charge is 0.255 e. The second-order valence-corrected chi connectivity index (χ2v) is 9.36. The number of nitrogens with zero attached hydrogens (tertiary/aromatic N) is 3. The van der Waals surface area contributed by atoms with Crippen LogP contribution < -0.4 is 10.6 Å². The summed E-state index contributed by atoms with van der Waals surface area (Å²) in [6.45, 7) is 7.94. The fourth-order valence-electron chi connectivity index (χ4n) is 4.61. The number of rotatable bonds is 3. The fraction of sp³-hybridized carbons (Fsp3) is 0.591. The summed E-state index contributed by atoms with van der Waals surface area (Å²) in [5.74, 6) is -0.256. The first-order chi connectivity index (χ1) is 14.8. The van der Waals surface area contributed by atoms with Crippen LogP contribution in [0.15, 0.2) is 18.2 Å². The topological polar surface area (TPSA) is 85.0 Å². The van der Waals surface area contributed by atoms with Crippen LogP contribution in [0, 0.1) is 0 Å². The van der Waals surface area contributed by atoms with Gasteiger partial charge in [-0.15, -0.1) is 0 Å². The highest BCUT2D eigenvalue weighted by atomic mass is 35.5. The number of fused-ring (bicyclic) bond motifs is 1. The minimum Gasteiger partial charge on any atom is -0.362 e. The third kappa shape index (κ3) is 4.65. The third-order valence-electron chi connectivity index (χ3n) is 6.60. The monoisotopic (exact) mass is 447 g/mol.